The van der Waals surface area contributed by atoms with Crippen molar-refractivity contribution >= 4 is 21.6 Å². The van der Waals surface area contributed by atoms with Crippen molar-refractivity contribution in [2.45, 2.75) is 77.7 Å². The summed E-state index contributed by atoms with van der Waals surface area (Å²) in [5, 5.41) is 11.5. The zero-order valence-electron chi connectivity index (χ0n) is 18.3. The maximum atomic E-state index is 12.5. The second-order valence-electron chi connectivity index (χ2n) is 9.27. The lowest BCUT2D eigenvalue weighted by Gasteiger charge is -2.15. The molecule has 3 heterocycles. The van der Waals surface area contributed by atoms with Crippen LogP contribution in [0.3, 0.4) is 0 Å². The Morgan fingerprint density at radius 2 is 2.10 bits per heavy atom. The van der Waals surface area contributed by atoms with Gasteiger partial charge in [0.15, 0.2) is 15.7 Å². The number of nitrogens with zero attached hydrogens (tertiary/aromatic N) is 4. The molecular weight excluding hydrogens is 406 g/mol. The number of carbonyl (C=O) groups excluding carboxylic acids is 1. The van der Waals surface area contributed by atoms with Gasteiger partial charge in [-0.3, -0.25) is 4.79 Å². The number of amides is 1. The first-order valence-electron chi connectivity index (χ1n) is 10.4. The smallest absolute Gasteiger partial charge is 0.226 e. The number of sulfone groups is 1. The van der Waals surface area contributed by atoms with Crippen molar-refractivity contribution in [1.82, 2.24) is 19.9 Å². The molecule has 30 heavy (non-hydrogen) atoms. The number of carbonyl (C=O) groups is 1. The molecule has 0 unspecified atom stereocenters. The molecule has 10 heteroatoms. The van der Waals surface area contributed by atoms with E-state index in [1.807, 2.05) is 40.7 Å². The molecule has 1 aliphatic rings. The third-order valence-electron chi connectivity index (χ3n) is 5.12. The van der Waals surface area contributed by atoms with Gasteiger partial charge in [-0.1, -0.05) is 39.8 Å². The Kier molecular flexibility index (Phi) is 6.35. The van der Waals surface area contributed by atoms with Crippen LogP contribution in [0.1, 0.15) is 83.2 Å². The van der Waals surface area contributed by atoms with E-state index in [-0.39, 0.29) is 34.8 Å². The molecule has 2 aromatic heterocycles. The van der Waals surface area contributed by atoms with Crippen LogP contribution in [0.25, 0.3) is 0 Å². The lowest BCUT2D eigenvalue weighted by atomic mass is 9.92. The van der Waals surface area contributed by atoms with E-state index in [1.54, 1.807) is 4.68 Å². The van der Waals surface area contributed by atoms with E-state index in [9.17, 15) is 13.2 Å². The lowest BCUT2D eigenvalue weighted by molar-refractivity contribution is -0.116. The van der Waals surface area contributed by atoms with Gasteiger partial charge in [-0.25, -0.2) is 13.1 Å². The Morgan fingerprint density at radius 3 is 2.67 bits per heavy atom. The molecule has 166 valence electrons. The number of hydrogen-bond acceptors (Lipinski definition) is 7. The van der Waals surface area contributed by atoms with Crippen molar-refractivity contribution in [2.75, 3.05) is 16.8 Å². The van der Waals surface area contributed by atoms with Crippen LogP contribution in [-0.2, 0) is 26.5 Å². The zero-order valence-corrected chi connectivity index (χ0v) is 19.1. The molecule has 1 fully saturated rings. The summed E-state index contributed by atoms with van der Waals surface area (Å²) in [5.41, 5.74) is 0.600. The Hall–Kier alpha value is -2.23. The molecule has 1 amide bonds. The molecule has 0 aliphatic carbocycles. The van der Waals surface area contributed by atoms with Crippen LogP contribution < -0.4 is 5.32 Å². The number of aryl methyl sites for hydroxylation is 1. The van der Waals surface area contributed by atoms with E-state index in [0.717, 1.165) is 5.69 Å². The molecule has 0 radical (unpaired) electrons. The van der Waals surface area contributed by atoms with Crippen LogP contribution in [0.2, 0.25) is 0 Å². The van der Waals surface area contributed by atoms with Crippen molar-refractivity contribution < 1.29 is 17.7 Å². The van der Waals surface area contributed by atoms with E-state index in [2.05, 4.69) is 20.6 Å². The van der Waals surface area contributed by atoms with E-state index >= 15 is 0 Å². The molecular formula is C20H31N5O4S. The Balaban J connectivity index is 1.65. The van der Waals surface area contributed by atoms with Crippen LogP contribution in [-0.4, -0.2) is 45.8 Å². The molecule has 0 aromatic carbocycles. The highest BCUT2D eigenvalue weighted by atomic mass is 32.2. The Morgan fingerprint density at radius 1 is 1.37 bits per heavy atom. The van der Waals surface area contributed by atoms with Crippen molar-refractivity contribution in [1.29, 1.82) is 0 Å². The predicted molar refractivity (Wildman–Crippen MR) is 113 cm³/mol. The molecule has 1 saturated heterocycles. The summed E-state index contributed by atoms with van der Waals surface area (Å²) in [5.74, 6) is 1.99. The highest BCUT2D eigenvalue weighted by molar-refractivity contribution is 7.91. The number of hydrogen-bond donors (Lipinski definition) is 1. The first kappa shape index (κ1) is 22.5. The average Bonchev–Trinajstić information content (AvgIpc) is 3.32. The SMILES string of the molecule is CC(C)c1noc(CCCC(=O)Nc2cc(C(C)(C)C)nn2[C@@H]2CCS(=O)(=O)C2)n1. The molecule has 2 aromatic rings. The second kappa shape index (κ2) is 8.49. The maximum absolute atomic E-state index is 12.5. The number of anilines is 1. The maximum Gasteiger partial charge on any atom is 0.226 e. The van der Waals surface area contributed by atoms with Gasteiger partial charge in [0.25, 0.3) is 0 Å². The summed E-state index contributed by atoms with van der Waals surface area (Å²) in [4.78, 5) is 16.9. The topological polar surface area (TPSA) is 120 Å². The molecule has 3 rings (SSSR count). The summed E-state index contributed by atoms with van der Waals surface area (Å²) in [6.07, 6.45) is 1.90. The van der Waals surface area contributed by atoms with E-state index in [0.29, 0.717) is 43.2 Å². The quantitative estimate of drug-likeness (QED) is 0.707. The van der Waals surface area contributed by atoms with Gasteiger partial charge in [0.05, 0.1) is 23.2 Å². The van der Waals surface area contributed by atoms with Crippen molar-refractivity contribution in [3.8, 4) is 0 Å². The van der Waals surface area contributed by atoms with Crippen LogP contribution in [0.5, 0.6) is 0 Å². The largest absolute Gasteiger partial charge is 0.339 e. The monoisotopic (exact) mass is 437 g/mol. The van der Waals surface area contributed by atoms with Crippen LogP contribution >= 0.6 is 0 Å². The third kappa shape index (κ3) is 5.47. The molecule has 1 atom stereocenters. The van der Waals surface area contributed by atoms with Gasteiger partial charge < -0.3 is 9.84 Å². The van der Waals surface area contributed by atoms with E-state index in [1.165, 1.54) is 0 Å². The molecule has 9 nitrogen and oxygen atoms in total. The van der Waals surface area contributed by atoms with Crippen LogP contribution in [0, 0.1) is 0 Å². The van der Waals surface area contributed by atoms with Gasteiger partial charge in [0, 0.05) is 30.2 Å². The van der Waals surface area contributed by atoms with Crippen LogP contribution in [0.15, 0.2) is 10.6 Å². The van der Waals surface area contributed by atoms with Gasteiger partial charge in [-0.2, -0.15) is 10.1 Å². The number of nitrogens with one attached hydrogen (secondary N) is 1. The van der Waals surface area contributed by atoms with Crippen molar-refractivity contribution in [3.63, 3.8) is 0 Å². The number of rotatable bonds is 7. The van der Waals surface area contributed by atoms with E-state index < -0.39 is 9.84 Å². The van der Waals surface area contributed by atoms with Gasteiger partial charge in [-0.05, 0) is 12.8 Å². The lowest BCUT2D eigenvalue weighted by Crippen LogP contribution is -2.20. The molecule has 1 N–H and O–H groups in total. The van der Waals surface area contributed by atoms with Crippen molar-refractivity contribution in [2.24, 2.45) is 0 Å². The van der Waals surface area contributed by atoms with Gasteiger partial charge in [0.2, 0.25) is 11.8 Å². The minimum absolute atomic E-state index is 0.0521. The summed E-state index contributed by atoms with van der Waals surface area (Å²) >= 11 is 0. The second-order valence-corrected chi connectivity index (χ2v) is 11.5. The Labute approximate surface area is 177 Å². The minimum atomic E-state index is -3.06. The molecule has 0 saturated carbocycles. The van der Waals surface area contributed by atoms with Gasteiger partial charge >= 0.3 is 0 Å². The molecule has 0 spiro atoms. The normalized spacial score (nSPS) is 18.8. The predicted octanol–water partition coefficient (Wildman–Crippen LogP) is 3.01. The fourth-order valence-electron chi connectivity index (χ4n) is 3.31. The molecule has 1 aliphatic heterocycles. The van der Waals surface area contributed by atoms with Gasteiger partial charge in [-0.15, -0.1) is 0 Å². The highest BCUT2D eigenvalue weighted by Crippen LogP contribution is 2.31. The Bertz CT molecular complexity index is 1000. The highest BCUT2D eigenvalue weighted by Gasteiger charge is 2.32. The minimum Gasteiger partial charge on any atom is -0.339 e. The summed E-state index contributed by atoms with van der Waals surface area (Å²) in [7, 11) is -3.06. The first-order valence-corrected chi connectivity index (χ1v) is 12.2. The van der Waals surface area contributed by atoms with E-state index in [4.69, 9.17) is 4.52 Å². The fourth-order valence-corrected chi connectivity index (χ4v) is 5.00. The zero-order chi connectivity index (χ0) is 22.1. The molecule has 0 bridgehead atoms. The average molecular weight is 438 g/mol. The summed E-state index contributed by atoms with van der Waals surface area (Å²) in [6.45, 7) is 10.1. The summed E-state index contributed by atoms with van der Waals surface area (Å²) < 4.78 is 30.7. The standard InChI is InChI=1S/C20H31N5O4S/c1-13(2)19-22-18(29-24-19)8-6-7-17(26)21-16-11-15(20(3,4)5)23-25(16)14-9-10-30(27,28)12-14/h11,13-14H,6-10,12H2,1-5H3,(H,21,26)/t14-/m1/s1. The first-order chi connectivity index (χ1) is 13.9. The third-order valence-corrected chi connectivity index (χ3v) is 6.87. The van der Waals surface area contributed by atoms with Crippen LogP contribution in [0.4, 0.5) is 5.82 Å². The summed E-state index contributed by atoms with van der Waals surface area (Å²) in [6, 6.07) is 1.59. The van der Waals surface area contributed by atoms with Gasteiger partial charge in [0.1, 0.15) is 5.82 Å². The van der Waals surface area contributed by atoms with Crippen molar-refractivity contribution in [3.05, 3.63) is 23.5 Å². The fraction of sp³-hybridized carbons (Fsp3) is 0.700. The number of aromatic nitrogens is 4.